The van der Waals surface area contributed by atoms with E-state index in [9.17, 15) is 0 Å². The number of rotatable bonds is 8. The van der Waals surface area contributed by atoms with Crippen LogP contribution in [0.4, 0.5) is 0 Å². The summed E-state index contributed by atoms with van der Waals surface area (Å²) < 4.78 is 0. The summed E-state index contributed by atoms with van der Waals surface area (Å²) in [5, 5.41) is 0. The Hall–Kier alpha value is -0.195. The van der Waals surface area contributed by atoms with Crippen molar-refractivity contribution >= 4 is 6.71 Å². The van der Waals surface area contributed by atoms with Crippen molar-refractivity contribution in [1.29, 1.82) is 0 Å². The molecule has 0 N–H and O–H groups in total. The topological polar surface area (TPSA) is 0 Å². The molecule has 76 valence electrons. The first kappa shape index (κ1) is 12.8. The Morgan fingerprint density at radius 2 is 1.62 bits per heavy atom. The lowest BCUT2D eigenvalue weighted by molar-refractivity contribution is 0.671. The fraction of sp³-hybridized carbons (Fsp3) is 0.833. The summed E-state index contributed by atoms with van der Waals surface area (Å²) in [4.78, 5) is 0. The highest BCUT2D eigenvalue weighted by Crippen LogP contribution is 2.08. The van der Waals surface area contributed by atoms with E-state index in [1.807, 2.05) is 0 Å². The largest absolute Gasteiger partial charge is 0.133 e. The average molecular weight is 180 g/mol. The van der Waals surface area contributed by atoms with Crippen molar-refractivity contribution in [3.05, 3.63) is 12.2 Å². The van der Waals surface area contributed by atoms with Crippen LogP contribution in [0.25, 0.3) is 0 Å². The van der Waals surface area contributed by atoms with Crippen molar-refractivity contribution in [3.63, 3.8) is 0 Å². The SMILES string of the molecule is CC/C=C/CCCCCCB(C)C. The summed E-state index contributed by atoms with van der Waals surface area (Å²) in [7, 11) is 0. The predicted octanol–water partition coefficient (Wildman–Crippen LogP) is 4.66. The Kier molecular flexibility index (Phi) is 9.74. The van der Waals surface area contributed by atoms with Crippen LogP contribution in [-0.4, -0.2) is 6.71 Å². The van der Waals surface area contributed by atoms with E-state index in [0.29, 0.717) is 0 Å². The molecule has 0 saturated carbocycles. The van der Waals surface area contributed by atoms with Crippen LogP contribution in [0.1, 0.15) is 45.4 Å². The lowest BCUT2D eigenvalue weighted by Gasteiger charge is -2.00. The van der Waals surface area contributed by atoms with Gasteiger partial charge in [0.2, 0.25) is 0 Å². The van der Waals surface area contributed by atoms with E-state index in [4.69, 9.17) is 0 Å². The summed E-state index contributed by atoms with van der Waals surface area (Å²) in [6, 6.07) is 0. The summed E-state index contributed by atoms with van der Waals surface area (Å²) >= 11 is 0. The molecule has 0 unspecified atom stereocenters. The Labute approximate surface area is 84.9 Å². The van der Waals surface area contributed by atoms with E-state index < -0.39 is 0 Å². The second-order valence-corrected chi connectivity index (χ2v) is 4.27. The molecular formula is C12H25B. The molecule has 0 aromatic heterocycles. The molecule has 0 aromatic rings. The first-order chi connectivity index (χ1) is 6.27. The van der Waals surface area contributed by atoms with Gasteiger partial charge in [0.1, 0.15) is 6.71 Å². The highest BCUT2D eigenvalue weighted by Gasteiger charge is 1.96. The quantitative estimate of drug-likeness (QED) is 0.289. The fourth-order valence-corrected chi connectivity index (χ4v) is 1.45. The van der Waals surface area contributed by atoms with E-state index in [1.165, 1.54) is 44.8 Å². The normalized spacial score (nSPS) is 11.0. The molecule has 0 nitrogen and oxygen atoms in total. The van der Waals surface area contributed by atoms with E-state index in [-0.39, 0.29) is 0 Å². The zero-order valence-electron chi connectivity index (χ0n) is 9.68. The van der Waals surface area contributed by atoms with Crippen LogP contribution in [0.5, 0.6) is 0 Å². The van der Waals surface area contributed by atoms with Gasteiger partial charge in [-0.1, -0.05) is 58.3 Å². The average Bonchev–Trinajstić information content (AvgIpc) is 2.09. The number of allylic oxidation sites excluding steroid dienone is 2. The van der Waals surface area contributed by atoms with Gasteiger partial charge >= 0.3 is 0 Å². The van der Waals surface area contributed by atoms with Crippen molar-refractivity contribution in [3.8, 4) is 0 Å². The predicted molar refractivity (Wildman–Crippen MR) is 64.8 cm³/mol. The van der Waals surface area contributed by atoms with Gasteiger partial charge in [-0.05, 0) is 19.3 Å². The first-order valence-electron chi connectivity index (χ1n) is 5.92. The Morgan fingerprint density at radius 3 is 2.23 bits per heavy atom. The minimum absolute atomic E-state index is 0.889. The lowest BCUT2D eigenvalue weighted by atomic mass is 9.51. The van der Waals surface area contributed by atoms with Gasteiger partial charge in [-0.15, -0.1) is 0 Å². The van der Waals surface area contributed by atoms with Crippen molar-refractivity contribution < 1.29 is 0 Å². The van der Waals surface area contributed by atoms with Crippen LogP contribution in [0.2, 0.25) is 20.0 Å². The first-order valence-corrected chi connectivity index (χ1v) is 5.92. The zero-order chi connectivity index (χ0) is 9.94. The monoisotopic (exact) mass is 180 g/mol. The third kappa shape index (κ3) is 11.8. The highest BCUT2D eigenvalue weighted by molar-refractivity contribution is 6.55. The molecule has 0 atom stereocenters. The molecule has 0 fully saturated rings. The van der Waals surface area contributed by atoms with Gasteiger partial charge in [0, 0.05) is 0 Å². The van der Waals surface area contributed by atoms with Gasteiger partial charge in [0.05, 0.1) is 0 Å². The molecule has 0 aliphatic rings. The smallest absolute Gasteiger partial charge is 0.0888 e. The molecule has 13 heavy (non-hydrogen) atoms. The molecule has 0 amide bonds. The number of hydrogen-bond donors (Lipinski definition) is 0. The van der Waals surface area contributed by atoms with Crippen LogP contribution < -0.4 is 0 Å². The lowest BCUT2D eigenvalue weighted by Crippen LogP contribution is -1.97. The Balaban J connectivity index is 2.95. The van der Waals surface area contributed by atoms with E-state index >= 15 is 0 Å². The molecule has 0 spiro atoms. The maximum atomic E-state index is 2.32. The van der Waals surface area contributed by atoms with Crippen LogP contribution in [0, 0.1) is 0 Å². The fourth-order valence-electron chi connectivity index (χ4n) is 1.45. The minimum Gasteiger partial charge on any atom is -0.0888 e. The van der Waals surface area contributed by atoms with Crippen LogP contribution in [-0.2, 0) is 0 Å². The third-order valence-corrected chi connectivity index (χ3v) is 2.30. The maximum Gasteiger partial charge on any atom is 0.133 e. The van der Waals surface area contributed by atoms with Gasteiger partial charge in [-0.2, -0.15) is 0 Å². The van der Waals surface area contributed by atoms with Crippen molar-refractivity contribution in [1.82, 2.24) is 0 Å². The minimum atomic E-state index is 0.889. The molecule has 0 aliphatic heterocycles. The van der Waals surface area contributed by atoms with Crippen molar-refractivity contribution in [2.45, 2.75) is 65.4 Å². The van der Waals surface area contributed by atoms with Crippen LogP contribution >= 0.6 is 0 Å². The second-order valence-electron chi connectivity index (χ2n) is 4.27. The third-order valence-electron chi connectivity index (χ3n) is 2.30. The molecule has 0 aromatic carbocycles. The Bertz CT molecular complexity index is 116. The van der Waals surface area contributed by atoms with Gasteiger partial charge < -0.3 is 0 Å². The van der Waals surface area contributed by atoms with E-state index in [1.54, 1.807) is 0 Å². The molecule has 0 saturated heterocycles. The Morgan fingerprint density at radius 1 is 0.923 bits per heavy atom. The summed E-state index contributed by atoms with van der Waals surface area (Å²) in [5.74, 6) is 0. The van der Waals surface area contributed by atoms with E-state index in [2.05, 4.69) is 32.7 Å². The van der Waals surface area contributed by atoms with Gasteiger partial charge in [-0.3, -0.25) is 0 Å². The molecule has 1 heteroatoms. The number of unbranched alkanes of at least 4 members (excludes halogenated alkanes) is 4. The number of hydrogen-bond acceptors (Lipinski definition) is 0. The molecule has 0 heterocycles. The summed E-state index contributed by atoms with van der Waals surface area (Å²) in [5.41, 5.74) is 0. The van der Waals surface area contributed by atoms with Gasteiger partial charge in [0.15, 0.2) is 0 Å². The highest BCUT2D eigenvalue weighted by atomic mass is 13.9. The summed E-state index contributed by atoms with van der Waals surface area (Å²) in [6.07, 6.45) is 14.1. The van der Waals surface area contributed by atoms with Crippen LogP contribution in [0.15, 0.2) is 12.2 Å². The molecular weight excluding hydrogens is 155 g/mol. The molecule has 0 bridgehead atoms. The van der Waals surface area contributed by atoms with Gasteiger partial charge in [-0.25, -0.2) is 0 Å². The standard InChI is InChI=1S/C12H25B/c1-4-5-6-7-8-9-10-11-12-13(2)3/h5-6H,4,7-12H2,1-3H3/b6-5+. The van der Waals surface area contributed by atoms with Crippen molar-refractivity contribution in [2.75, 3.05) is 0 Å². The van der Waals surface area contributed by atoms with Crippen LogP contribution in [0.3, 0.4) is 0 Å². The molecule has 0 rings (SSSR count). The second kappa shape index (κ2) is 9.89. The zero-order valence-corrected chi connectivity index (χ0v) is 9.68. The van der Waals surface area contributed by atoms with E-state index in [0.717, 1.165) is 6.71 Å². The van der Waals surface area contributed by atoms with Crippen molar-refractivity contribution in [2.24, 2.45) is 0 Å². The maximum absolute atomic E-state index is 2.32. The summed E-state index contributed by atoms with van der Waals surface area (Å²) in [6.45, 7) is 7.70. The van der Waals surface area contributed by atoms with Gasteiger partial charge in [0.25, 0.3) is 0 Å². The molecule has 0 aliphatic carbocycles. The molecule has 0 radical (unpaired) electrons.